The zero-order chi connectivity index (χ0) is 10.7. The van der Waals surface area contributed by atoms with Crippen LogP contribution in [0.2, 0.25) is 0 Å². The summed E-state index contributed by atoms with van der Waals surface area (Å²) in [5.41, 5.74) is 1.15. The van der Waals surface area contributed by atoms with Crippen molar-refractivity contribution in [3.8, 4) is 0 Å². The van der Waals surface area contributed by atoms with Crippen LogP contribution in [0.5, 0.6) is 0 Å². The van der Waals surface area contributed by atoms with Gasteiger partial charge in [-0.2, -0.15) is 0 Å². The SMILES string of the molecule is CC(=O)OC1COC(c2ccccc2)C1. The molecule has 0 amide bonds. The number of rotatable bonds is 2. The molecule has 0 aliphatic carbocycles. The number of benzene rings is 1. The van der Waals surface area contributed by atoms with Crippen molar-refractivity contribution in [3.05, 3.63) is 35.9 Å². The highest BCUT2D eigenvalue weighted by Gasteiger charge is 2.28. The average Bonchev–Trinajstić information content (AvgIpc) is 2.67. The standard InChI is InChI=1S/C12H14O3/c1-9(13)15-11-7-12(14-8-11)10-5-3-2-4-6-10/h2-6,11-12H,7-8H2,1H3. The molecule has 0 radical (unpaired) electrons. The molecule has 3 heteroatoms. The zero-order valence-electron chi connectivity index (χ0n) is 8.68. The monoisotopic (exact) mass is 206 g/mol. The second-order valence-corrected chi connectivity index (χ2v) is 3.70. The van der Waals surface area contributed by atoms with Gasteiger partial charge in [-0.25, -0.2) is 0 Å². The van der Waals surface area contributed by atoms with E-state index in [1.165, 1.54) is 6.92 Å². The first kappa shape index (κ1) is 10.2. The Labute approximate surface area is 89.0 Å². The Hall–Kier alpha value is -1.35. The summed E-state index contributed by atoms with van der Waals surface area (Å²) in [7, 11) is 0. The van der Waals surface area contributed by atoms with Gasteiger partial charge in [-0.05, 0) is 5.56 Å². The highest BCUT2D eigenvalue weighted by atomic mass is 16.6. The maximum Gasteiger partial charge on any atom is 0.302 e. The molecule has 0 bridgehead atoms. The Morgan fingerprint density at radius 3 is 2.80 bits per heavy atom. The number of carbonyl (C=O) groups is 1. The van der Waals surface area contributed by atoms with Crippen LogP contribution in [0.1, 0.15) is 25.0 Å². The van der Waals surface area contributed by atoms with Gasteiger partial charge in [0.1, 0.15) is 6.10 Å². The van der Waals surface area contributed by atoms with Crippen molar-refractivity contribution in [1.29, 1.82) is 0 Å². The summed E-state index contributed by atoms with van der Waals surface area (Å²) < 4.78 is 10.7. The van der Waals surface area contributed by atoms with Crippen LogP contribution in [0.3, 0.4) is 0 Å². The summed E-state index contributed by atoms with van der Waals surface area (Å²) >= 11 is 0. The Kier molecular flexibility index (Phi) is 3.02. The minimum absolute atomic E-state index is 0.0653. The Balaban J connectivity index is 1.96. The third kappa shape index (κ3) is 2.57. The highest BCUT2D eigenvalue weighted by molar-refractivity contribution is 5.66. The molecule has 2 atom stereocenters. The molecule has 15 heavy (non-hydrogen) atoms. The molecule has 1 aromatic rings. The van der Waals surface area contributed by atoms with Crippen molar-refractivity contribution in [2.45, 2.75) is 25.6 Å². The number of hydrogen-bond donors (Lipinski definition) is 0. The molecule has 2 rings (SSSR count). The van der Waals surface area contributed by atoms with Gasteiger partial charge in [-0.3, -0.25) is 4.79 Å². The van der Waals surface area contributed by atoms with E-state index in [2.05, 4.69) is 0 Å². The van der Waals surface area contributed by atoms with E-state index >= 15 is 0 Å². The van der Waals surface area contributed by atoms with Crippen LogP contribution in [-0.2, 0) is 14.3 Å². The average molecular weight is 206 g/mol. The maximum atomic E-state index is 10.8. The third-order valence-electron chi connectivity index (χ3n) is 2.46. The number of hydrogen-bond acceptors (Lipinski definition) is 3. The molecule has 1 aliphatic rings. The summed E-state index contributed by atoms with van der Waals surface area (Å²) in [4.78, 5) is 10.8. The maximum absolute atomic E-state index is 10.8. The topological polar surface area (TPSA) is 35.5 Å². The molecule has 1 heterocycles. The van der Waals surface area contributed by atoms with Crippen LogP contribution >= 0.6 is 0 Å². The van der Waals surface area contributed by atoms with E-state index in [4.69, 9.17) is 9.47 Å². The van der Waals surface area contributed by atoms with E-state index in [0.29, 0.717) is 6.61 Å². The molecule has 0 aromatic heterocycles. The van der Waals surface area contributed by atoms with Crippen LogP contribution in [0.15, 0.2) is 30.3 Å². The quantitative estimate of drug-likeness (QED) is 0.695. The van der Waals surface area contributed by atoms with Gasteiger partial charge < -0.3 is 9.47 Å². The number of esters is 1. The lowest BCUT2D eigenvalue weighted by Gasteiger charge is -2.09. The highest BCUT2D eigenvalue weighted by Crippen LogP contribution is 2.29. The minimum atomic E-state index is -0.239. The second kappa shape index (κ2) is 4.45. The van der Waals surface area contributed by atoms with Crippen molar-refractivity contribution in [2.24, 2.45) is 0 Å². The molecule has 1 fully saturated rings. The van der Waals surface area contributed by atoms with Crippen molar-refractivity contribution in [2.75, 3.05) is 6.61 Å². The normalized spacial score (nSPS) is 25.1. The summed E-state index contributed by atoms with van der Waals surface area (Å²) in [5, 5.41) is 0. The Morgan fingerprint density at radius 2 is 2.13 bits per heavy atom. The smallest absolute Gasteiger partial charge is 0.302 e. The largest absolute Gasteiger partial charge is 0.460 e. The van der Waals surface area contributed by atoms with E-state index in [0.717, 1.165) is 12.0 Å². The molecule has 3 nitrogen and oxygen atoms in total. The lowest BCUT2D eigenvalue weighted by atomic mass is 10.1. The van der Waals surface area contributed by atoms with Gasteiger partial charge in [0.25, 0.3) is 0 Å². The third-order valence-corrected chi connectivity index (χ3v) is 2.46. The number of carbonyl (C=O) groups excluding carboxylic acids is 1. The van der Waals surface area contributed by atoms with Crippen LogP contribution < -0.4 is 0 Å². The van der Waals surface area contributed by atoms with Crippen LogP contribution in [0.4, 0.5) is 0 Å². The molecular weight excluding hydrogens is 192 g/mol. The number of ether oxygens (including phenoxy) is 2. The zero-order valence-corrected chi connectivity index (χ0v) is 8.68. The van der Waals surface area contributed by atoms with Crippen LogP contribution in [0.25, 0.3) is 0 Å². The molecule has 80 valence electrons. The van der Waals surface area contributed by atoms with Gasteiger partial charge in [0.15, 0.2) is 0 Å². The van der Waals surface area contributed by atoms with Crippen molar-refractivity contribution < 1.29 is 14.3 Å². The van der Waals surface area contributed by atoms with Gasteiger partial charge in [0.05, 0.1) is 12.7 Å². The summed E-state index contributed by atoms with van der Waals surface area (Å²) in [6.07, 6.45) is 0.729. The first-order valence-electron chi connectivity index (χ1n) is 5.09. The fourth-order valence-electron chi connectivity index (χ4n) is 1.82. The van der Waals surface area contributed by atoms with E-state index in [-0.39, 0.29) is 18.2 Å². The van der Waals surface area contributed by atoms with E-state index in [1.54, 1.807) is 0 Å². The first-order chi connectivity index (χ1) is 7.25. The first-order valence-corrected chi connectivity index (χ1v) is 5.09. The van der Waals surface area contributed by atoms with E-state index < -0.39 is 0 Å². The van der Waals surface area contributed by atoms with Gasteiger partial charge in [0, 0.05) is 13.3 Å². The molecule has 1 aliphatic heterocycles. The van der Waals surface area contributed by atoms with Gasteiger partial charge >= 0.3 is 5.97 Å². The van der Waals surface area contributed by atoms with Crippen LogP contribution in [0, 0.1) is 0 Å². The van der Waals surface area contributed by atoms with Crippen molar-refractivity contribution in [1.82, 2.24) is 0 Å². The van der Waals surface area contributed by atoms with Gasteiger partial charge in [-0.1, -0.05) is 30.3 Å². The summed E-state index contributed by atoms with van der Waals surface area (Å²) in [6, 6.07) is 10.00. The predicted molar refractivity (Wildman–Crippen MR) is 55.3 cm³/mol. The van der Waals surface area contributed by atoms with E-state index in [1.807, 2.05) is 30.3 Å². The minimum Gasteiger partial charge on any atom is -0.460 e. The lowest BCUT2D eigenvalue weighted by Crippen LogP contribution is -2.15. The van der Waals surface area contributed by atoms with Gasteiger partial charge in [-0.15, -0.1) is 0 Å². The van der Waals surface area contributed by atoms with Crippen LogP contribution in [-0.4, -0.2) is 18.7 Å². The molecule has 0 saturated carbocycles. The fraction of sp³-hybridized carbons (Fsp3) is 0.417. The summed E-state index contributed by atoms with van der Waals surface area (Å²) in [6.45, 7) is 1.93. The molecule has 2 unspecified atom stereocenters. The molecule has 0 spiro atoms. The molecule has 0 N–H and O–H groups in total. The Morgan fingerprint density at radius 1 is 1.40 bits per heavy atom. The van der Waals surface area contributed by atoms with Crippen molar-refractivity contribution >= 4 is 5.97 Å². The molecule has 1 saturated heterocycles. The summed E-state index contributed by atoms with van der Waals surface area (Å²) in [5.74, 6) is -0.239. The van der Waals surface area contributed by atoms with E-state index in [9.17, 15) is 4.79 Å². The fourth-order valence-corrected chi connectivity index (χ4v) is 1.82. The molecular formula is C12H14O3. The van der Waals surface area contributed by atoms with Gasteiger partial charge in [0.2, 0.25) is 0 Å². The molecule has 1 aromatic carbocycles. The van der Waals surface area contributed by atoms with Crippen molar-refractivity contribution in [3.63, 3.8) is 0 Å². The lowest BCUT2D eigenvalue weighted by molar-refractivity contribution is -0.146. The predicted octanol–water partition coefficient (Wildman–Crippen LogP) is 2.08. The Bertz CT molecular complexity index is 334. The second-order valence-electron chi connectivity index (χ2n) is 3.70.